The average molecular weight is 341 g/mol. The minimum Gasteiger partial charge on any atom is -0.481 e. The first-order valence-electron chi connectivity index (χ1n) is 8.40. The predicted octanol–water partition coefficient (Wildman–Crippen LogP) is 4.05. The third-order valence-corrected chi connectivity index (χ3v) is 3.54. The maximum atomic E-state index is 12.2. The summed E-state index contributed by atoms with van der Waals surface area (Å²) in [6.07, 6.45) is 1.18. The lowest BCUT2D eigenvalue weighted by Gasteiger charge is -2.14. The van der Waals surface area contributed by atoms with E-state index in [2.05, 4.69) is 5.32 Å². The number of hydrogen-bond acceptors (Lipinski definition) is 4. The monoisotopic (exact) mass is 341 g/mol. The molecule has 0 aliphatic heterocycles. The number of unbranched alkanes of at least 4 members (excludes halogenated alkanes) is 1. The summed E-state index contributed by atoms with van der Waals surface area (Å²) in [5.41, 5.74) is 1.06. The van der Waals surface area contributed by atoms with Crippen LogP contribution in [0, 0.1) is 0 Å². The third-order valence-electron chi connectivity index (χ3n) is 3.54. The van der Waals surface area contributed by atoms with Gasteiger partial charge in [0.05, 0.1) is 12.2 Å². The molecule has 0 spiro atoms. The predicted molar refractivity (Wildman–Crippen MR) is 96.8 cm³/mol. The van der Waals surface area contributed by atoms with Gasteiger partial charge in [0.2, 0.25) is 0 Å². The summed E-state index contributed by atoms with van der Waals surface area (Å²) in [5, 5.41) is 2.76. The molecule has 1 N–H and O–H groups in total. The number of para-hydroxylation sites is 1. The maximum absolute atomic E-state index is 12.2. The van der Waals surface area contributed by atoms with Crippen molar-refractivity contribution in [3.05, 3.63) is 60.2 Å². The number of carbonyl (C=O) groups is 2. The normalized spacial score (nSPS) is 11.4. The number of carbonyl (C=O) groups excluding carboxylic acids is 2. The first-order valence-corrected chi connectivity index (χ1v) is 8.40. The fraction of sp³-hybridized carbons (Fsp3) is 0.300. The Kier molecular flexibility index (Phi) is 7.01. The summed E-state index contributed by atoms with van der Waals surface area (Å²) in [4.78, 5) is 24.0. The number of hydrogen-bond donors (Lipinski definition) is 1. The summed E-state index contributed by atoms with van der Waals surface area (Å²) >= 11 is 0. The van der Waals surface area contributed by atoms with Crippen molar-refractivity contribution in [3.8, 4) is 5.75 Å². The number of rotatable bonds is 8. The summed E-state index contributed by atoms with van der Waals surface area (Å²) < 4.78 is 10.7. The van der Waals surface area contributed by atoms with Crippen LogP contribution in [0.4, 0.5) is 5.69 Å². The van der Waals surface area contributed by atoms with Crippen LogP contribution in [-0.4, -0.2) is 24.6 Å². The molecule has 2 aromatic rings. The van der Waals surface area contributed by atoms with Crippen molar-refractivity contribution >= 4 is 17.6 Å². The fourth-order valence-corrected chi connectivity index (χ4v) is 2.08. The van der Waals surface area contributed by atoms with E-state index in [1.165, 1.54) is 0 Å². The first kappa shape index (κ1) is 18.5. The molecule has 0 aromatic heterocycles. The standard InChI is InChI=1S/C20H23NO4/c1-3-4-14-24-20(23)16-10-12-17(13-11-16)21-19(22)15(2)25-18-8-6-5-7-9-18/h5-13,15H,3-4,14H2,1-2H3,(H,21,22)/t15-/m0/s1. The molecule has 0 fully saturated rings. The van der Waals surface area contributed by atoms with Gasteiger partial charge < -0.3 is 14.8 Å². The second-order valence-electron chi connectivity index (χ2n) is 5.63. The van der Waals surface area contributed by atoms with E-state index in [0.717, 1.165) is 12.8 Å². The van der Waals surface area contributed by atoms with Gasteiger partial charge in [0, 0.05) is 5.69 Å². The van der Waals surface area contributed by atoms with Gasteiger partial charge in [0.15, 0.2) is 6.10 Å². The molecule has 0 saturated heterocycles. The number of amides is 1. The van der Waals surface area contributed by atoms with Crippen molar-refractivity contribution in [1.82, 2.24) is 0 Å². The highest BCUT2D eigenvalue weighted by Crippen LogP contribution is 2.14. The van der Waals surface area contributed by atoms with E-state index >= 15 is 0 Å². The van der Waals surface area contributed by atoms with E-state index in [9.17, 15) is 9.59 Å². The zero-order chi connectivity index (χ0) is 18.1. The average Bonchev–Trinajstić information content (AvgIpc) is 2.63. The van der Waals surface area contributed by atoms with Crippen LogP contribution in [0.25, 0.3) is 0 Å². The molecular weight excluding hydrogens is 318 g/mol. The van der Waals surface area contributed by atoms with E-state index < -0.39 is 6.10 Å². The van der Waals surface area contributed by atoms with Gasteiger partial charge in [-0.25, -0.2) is 4.79 Å². The molecule has 0 bridgehead atoms. The minimum atomic E-state index is -0.638. The van der Waals surface area contributed by atoms with Crippen LogP contribution in [0.1, 0.15) is 37.0 Å². The van der Waals surface area contributed by atoms with E-state index in [1.54, 1.807) is 43.3 Å². The van der Waals surface area contributed by atoms with Gasteiger partial charge in [0.1, 0.15) is 5.75 Å². The van der Waals surface area contributed by atoms with Crippen LogP contribution in [0.15, 0.2) is 54.6 Å². The molecule has 132 valence electrons. The molecule has 0 aliphatic carbocycles. The van der Waals surface area contributed by atoms with Gasteiger partial charge in [0.25, 0.3) is 5.91 Å². The molecule has 5 nitrogen and oxygen atoms in total. The van der Waals surface area contributed by atoms with Crippen molar-refractivity contribution in [1.29, 1.82) is 0 Å². The van der Waals surface area contributed by atoms with Crippen molar-refractivity contribution < 1.29 is 19.1 Å². The largest absolute Gasteiger partial charge is 0.481 e. The van der Waals surface area contributed by atoms with Gasteiger partial charge in [-0.2, -0.15) is 0 Å². The van der Waals surface area contributed by atoms with E-state index in [4.69, 9.17) is 9.47 Å². The second-order valence-corrected chi connectivity index (χ2v) is 5.63. The van der Waals surface area contributed by atoms with Crippen LogP contribution in [0.3, 0.4) is 0 Å². The van der Waals surface area contributed by atoms with Crippen LogP contribution in [-0.2, 0) is 9.53 Å². The van der Waals surface area contributed by atoms with Crippen molar-refractivity contribution in [2.24, 2.45) is 0 Å². The van der Waals surface area contributed by atoms with E-state index in [1.807, 2.05) is 25.1 Å². The molecule has 25 heavy (non-hydrogen) atoms. The summed E-state index contributed by atoms with van der Waals surface area (Å²) in [6.45, 7) is 4.14. The molecule has 0 saturated carbocycles. The molecule has 1 amide bonds. The van der Waals surface area contributed by atoms with Gasteiger partial charge in [-0.3, -0.25) is 4.79 Å². The van der Waals surface area contributed by atoms with Crippen LogP contribution in [0.2, 0.25) is 0 Å². The number of esters is 1. The highest BCUT2D eigenvalue weighted by Gasteiger charge is 2.15. The quantitative estimate of drug-likeness (QED) is 0.581. The lowest BCUT2D eigenvalue weighted by molar-refractivity contribution is -0.122. The van der Waals surface area contributed by atoms with Gasteiger partial charge in [-0.1, -0.05) is 31.5 Å². The number of anilines is 1. The molecule has 0 unspecified atom stereocenters. The van der Waals surface area contributed by atoms with Crippen molar-refractivity contribution in [3.63, 3.8) is 0 Å². The van der Waals surface area contributed by atoms with Crippen LogP contribution >= 0.6 is 0 Å². The zero-order valence-electron chi connectivity index (χ0n) is 14.5. The SMILES string of the molecule is CCCCOC(=O)c1ccc(NC(=O)[C@H](C)Oc2ccccc2)cc1. The lowest BCUT2D eigenvalue weighted by Crippen LogP contribution is -2.30. The molecule has 0 aliphatic rings. The Bertz CT molecular complexity index is 683. The molecule has 5 heteroatoms. The van der Waals surface area contributed by atoms with Gasteiger partial charge in [-0.05, 0) is 49.7 Å². The van der Waals surface area contributed by atoms with Crippen molar-refractivity contribution in [2.75, 3.05) is 11.9 Å². The molecular formula is C20H23NO4. The van der Waals surface area contributed by atoms with Crippen LogP contribution < -0.4 is 10.1 Å². The molecule has 1 atom stereocenters. The van der Waals surface area contributed by atoms with Crippen molar-refractivity contribution in [2.45, 2.75) is 32.8 Å². The van der Waals surface area contributed by atoms with Crippen LogP contribution in [0.5, 0.6) is 5.75 Å². The Labute approximate surface area is 148 Å². The lowest BCUT2D eigenvalue weighted by atomic mass is 10.2. The third kappa shape index (κ3) is 5.95. The second kappa shape index (κ2) is 9.47. The highest BCUT2D eigenvalue weighted by molar-refractivity contribution is 5.95. The molecule has 0 heterocycles. The highest BCUT2D eigenvalue weighted by atomic mass is 16.5. The van der Waals surface area contributed by atoms with Gasteiger partial charge >= 0.3 is 5.97 Å². The fourth-order valence-electron chi connectivity index (χ4n) is 2.08. The maximum Gasteiger partial charge on any atom is 0.338 e. The zero-order valence-corrected chi connectivity index (χ0v) is 14.5. The topological polar surface area (TPSA) is 64.6 Å². The smallest absolute Gasteiger partial charge is 0.338 e. The summed E-state index contributed by atoms with van der Waals surface area (Å²) in [7, 11) is 0. The summed E-state index contributed by atoms with van der Waals surface area (Å²) in [5.74, 6) is 0.0181. The Hall–Kier alpha value is -2.82. The first-order chi connectivity index (χ1) is 12.1. The van der Waals surface area contributed by atoms with Gasteiger partial charge in [-0.15, -0.1) is 0 Å². The number of benzene rings is 2. The number of ether oxygens (including phenoxy) is 2. The molecule has 2 rings (SSSR count). The van der Waals surface area contributed by atoms with E-state index in [0.29, 0.717) is 23.6 Å². The molecule has 2 aromatic carbocycles. The Morgan fingerprint density at radius 3 is 2.36 bits per heavy atom. The minimum absolute atomic E-state index is 0.262. The Balaban J connectivity index is 1.87. The summed E-state index contributed by atoms with van der Waals surface area (Å²) in [6, 6.07) is 15.8. The Morgan fingerprint density at radius 2 is 1.72 bits per heavy atom. The molecule has 0 radical (unpaired) electrons. The van der Waals surface area contributed by atoms with E-state index in [-0.39, 0.29) is 11.9 Å². The Morgan fingerprint density at radius 1 is 1.04 bits per heavy atom. The number of nitrogens with one attached hydrogen (secondary N) is 1.